The first kappa shape index (κ1) is 14.9. The summed E-state index contributed by atoms with van der Waals surface area (Å²) in [6.07, 6.45) is 6.68. The largest absolute Gasteiger partial charge is 0.376 e. The van der Waals surface area contributed by atoms with Crippen LogP contribution in [0.1, 0.15) is 49.8 Å². The first-order valence-corrected chi connectivity index (χ1v) is 8.44. The fraction of sp³-hybridized carbons (Fsp3) is 0.667. The van der Waals surface area contributed by atoms with Crippen molar-refractivity contribution in [1.29, 1.82) is 0 Å². The molecule has 0 saturated carbocycles. The van der Waals surface area contributed by atoms with Crippen LogP contribution in [0.3, 0.4) is 0 Å². The highest BCUT2D eigenvalue weighted by Crippen LogP contribution is 2.30. The number of nitrogens with one attached hydrogen (secondary N) is 1. The van der Waals surface area contributed by atoms with E-state index in [0.29, 0.717) is 12.1 Å². The SMILES string of the molecule is CNC(C)c1ccc2c(c1)CCCN2CC1CCCCO1. The zero-order chi connectivity index (χ0) is 14.7. The van der Waals surface area contributed by atoms with Crippen LogP contribution in [-0.4, -0.2) is 32.8 Å². The Morgan fingerprint density at radius 3 is 3.00 bits per heavy atom. The van der Waals surface area contributed by atoms with Crippen LogP contribution in [0.2, 0.25) is 0 Å². The molecule has 21 heavy (non-hydrogen) atoms. The van der Waals surface area contributed by atoms with Gasteiger partial charge < -0.3 is 15.0 Å². The van der Waals surface area contributed by atoms with Gasteiger partial charge in [-0.3, -0.25) is 0 Å². The smallest absolute Gasteiger partial charge is 0.0749 e. The lowest BCUT2D eigenvalue weighted by Gasteiger charge is -2.35. The molecule has 0 spiro atoms. The van der Waals surface area contributed by atoms with Crippen LogP contribution in [0.5, 0.6) is 0 Å². The van der Waals surface area contributed by atoms with Crippen molar-refractivity contribution in [3.05, 3.63) is 29.3 Å². The lowest BCUT2D eigenvalue weighted by atomic mass is 9.96. The van der Waals surface area contributed by atoms with Crippen molar-refractivity contribution >= 4 is 5.69 Å². The van der Waals surface area contributed by atoms with E-state index in [4.69, 9.17) is 4.74 Å². The summed E-state index contributed by atoms with van der Waals surface area (Å²) in [5, 5.41) is 3.33. The molecule has 116 valence electrons. The van der Waals surface area contributed by atoms with E-state index in [1.807, 2.05) is 7.05 Å². The van der Waals surface area contributed by atoms with Crippen molar-refractivity contribution in [3.8, 4) is 0 Å². The van der Waals surface area contributed by atoms with Gasteiger partial charge in [-0.05, 0) is 63.3 Å². The molecule has 1 aromatic rings. The van der Waals surface area contributed by atoms with E-state index < -0.39 is 0 Å². The summed E-state index contributed by atoms with van der Waals surface area (Å²) in [5.74, 6) is 0. The standard InChI is InChI=1S/C18H28N2O/c1-14(19-2)15-8-9-18-16(12-15)6-5-10-20(18)13-17-7-3-4-11-21-17/h8-9,12,14,17,19H,3-7,10-11,13H2,1-2H3. The fourth-order valence-electron chi connectivity index (χ4n) is 3.52. The van der Waals surface area contributed by atoms with Gasteiger partial charge in [0.25, 0.3) is 0 Å². The van der Waals surface area contributed by atoms with Crippen molar-refractivity contribution < 1.29 is 4.74 Å². The topological polar surface area (TPSA) is 24.5 Å². The Labute approximate surface area is 128 Å². The van der Waals surface area contributed by atoms with E-state index in [-0.39, 0.29) is 0 Å². The lowest BCUT2D eigenvalue weighted by molar-refractivity contribution is 0.0208. The number of aryl methyl sites for hydroxylation is 1. The third-order valence-electron chi connectivity index (χ3n) is 4.95. The number of benzene rings is 1. The number of hydrogen-bond donors (Lipinski definition) is 1. The van der Waals surface area contributed by atoms with Gasteiger partial charge in [0.05, 0.1) is 6.10 Å². The van der Waals surface area contributed by atoms with Crippen LogP contribution in [0, 0.1) is 0 Å². The molecule has 2 aliphatic heterocycles. The summed E-state index contributed by atoms with van der Waals surface area (Å²) in [4.78, 5) is 2.54. The number of hydrogen-bond acceptors (Lipinski definition) is 3. The lowest BCUT2D eigenvalue weighted by Crippen LogP contribution is -2.38. The predicted octanol–water partition coefficient (Wildman–Crippen LogP) is 3.29. The molecule has 0 amide bonds. The summed E-state index contributed by atoms with van der Waals surface area (Å²) in [5.41, 5.74) is 4.34. The highest BCUT2D eigenvalue weighted by molar-refractivity contribution is 5.57. The minimum Gasteiger partial charge on any atom is -0.376 e. The first-order chi connectivity index (χ1) is 10.3. The Balaban J connectivity index is 1.74. The molecule has 0 bridgehead atoms. The molecule has 2 unspecified atom stereocenters. The molecule has 2 heterocycles. The second kappa shape index (κ2) is 6.80. The number of fused-ring (bicyclic) bond motifs is 1. The second-order valence-electron chi connectivity index (χ2n) is 6.44. The van der Waals surface area contributed by atoms with Gasteiger partial charge in [0.2, 0.25) is 0 Å². The van der Waals surface area contributed by atoms with E-state index in [1.165, 1.54) is 55.5 Å². The summed E-state index contributed by atoms with van der Waals surface area (Å²) >= 11 is 0. The van der Waals surface area contributed by atoms with Gasteiger partial charge in [0.1, 0.15) is 0 Å². The molecule has 1 N–H and O–H groups in total. The average molecular weight is 288 g/mol. The Kier molecular flexibility index (Phi) is 4.81. The van der Waals surface area contributed by atoms with Gasteiger partial charge >= 0.3 is 0 Å². The van der Waals surface area contributed by atoms with Crippen molar-refractivity contribution in [3.63, 3.8) is 0 Å². The number of nitrogens with zero attached hydrogens (tertiary/aromatic N) is 1. The molecule has 0 aliphatic carbocycles. The molecule has 1 saturated heterocycles. The minimum absolute atomic E-state index is 0.423. The second-order valence-corrected chi connectivity index (χ2v) is 6.44. The quantitative estimate of drug-likeness (QED) is 0.920. The van der Waals surface area contributed by atoms with Gasteiger partial charge in [-0.2, -0.15) is 0 Å². The molecule has 0 aromatic heterocycles. The number of anilines is 1. The highest BCUT2D eigenvalue weighted by Gasteiger charge is 2.22. The molecular weight excluding hydrogens is 260 g/mol. The zero-order valence-electron chi connectivity index (χ0n) is 13.4. The predicted molar refractivity (Wildman–Crippen MR) is 88.0 cm³/mol. The molecular formula is C18H28N2O. The Morgan fingerprint density at radius 2 is 2.24 bits per heavy atom. The number of rotatable bonds is 4. The van der Waals surface area contributed by atoms with Crippen molar-refractivity contribution in [1.82, 2.24) is 5.32 Å². The van der Waals surface area contributed by atoms with E-state index in [2.05, 4.69) is 35.3 Å². The molecule has 1 aromatic carbocycles. The molecule has 2 aliphatic rings. The van der Waals surface area contributed by atoms with Crippen LogP contribution in [0.4, 0.5) is 5.69 Å². The van der Waals surface area contributed by atoms with Crippen LogP contribution in [-0.2, 0) is 11.2 Å². The van der Waals surface area contributed by atoms with Crippen LogP contribution >= 0.6 is 0 Å². The number of ether oxygens (including phenoxy) is 1. The first-order valence-electron chi connectivity index (χ1n) is 8.44. The molecule has 1 fully saturated rings. The summed E-state index contributed by atoms with van der Waals surface area (Å²) in [6.45, 7) is 5.41. The molecule has 2 atom stereocenters. The monoisotopic (exact) mass is 288 g/mol. The summed E-state index contributed by atoms with van der Waals surface area (Å²) in [7, 11) is 2.02. The maximum absolute atomic E-state index is 5.92. The van der Waals surface area contributed by atoms with Gasteiger partial charge in [0, 0.05) is 31.4 Å². The van der Waals surface area contributed by atoms with E-state index in [1.54, 1.807) is 0 Å². The van der Waals surface area contributed by atoms with Crippen molar-refractivity contribution in [2.24, 2.45) is 0 Å². The van der Waals surface area contributed by atoms with Gasteiger partial charge in [-0.25, -0.2) is 0 Å². The molecule has 3 heteroatoms. The van der Waals surface area contributed by atoms with Crippen LogP contribution in [0.15, 0.2) is 18.2 Å². The van der Waals surface area contributed by atoms with Crippen molar-refractivity contribution in [2.75, 3.05) is 31.6 Å². The molecule has 3 nitrogen and oxygen atoms in total. The van der Waals surface area contributed by atoms with Gasteiger partial charge in [-0.1, -0.05) is 12.1 Å². The van der Waals surface area contributed by atoms with Gasteiger partial charge in [0.15, 0.2) is 0 Å². The molecule has 3 rings (SSSR count). The maximum atomic E-state index is 5.92. The Bertz CT molecular complexity index is 468. The highest BCUT2D eigenvalue weighted by atomic mass is 16.5. The Morgan fingerprint density at radius 1 is 1.33 bits per heavy atom. The third-order valence-corrected chi connectivity index (χ3v) is 4.95. The van der Waals surface area contributed by atoms with E-state index in [9.17, 15) is 0 Å². The third kappa shape index (κ3) is 3.41. The Hall–Kier alpha value is -1.06. The minimum atomic E-state index is 0.423. The van der Waals surface area contributed by atoms with Crippen molar-refractivity contribution in [2.45, 2.75) is 51.2 Å². The van der Waals surface area contributed by atoms with Crippen LogP contribution in [0.25, 0.3) is 0 Å². The van der Waals surface area contributed by atoms with Crippen LogP contribution < -0.4 is 10.2 Å². The van der Waals surface area contributed by atoms with E-state index in [0.717, 1.165) is 13.2 Å². The van der Waals surface area contributed by atoms with Gasteiger partial charge in [-0.15, -0.1) is 0 Å². The average Bonchev–Trinajstić information content (AvgIpc) is 2.55. The molecule has 0 radical (unpaired) electrons. The van der Waals surface area contributed by atoms with E-state index >= 15 is 0 Å². The summed E-state index contributed by atoms with van der Waals surface area (Å²) < 4.78 is 5.92. The normalized spacial score (nSPS) is 23.7. The maximum Gasteiger partial charge on any atom is 0.0749 e. The fourth-order valence-corrected chi connectivity index (χ4v) is 3.52. The zero-order valence-corrected chi connectivity index (χ0v) is 13.4. The summed E-state index contributed by atoms with van der Waals surface area (Å²) in [6, 6.07) is 7.41.